The molecule has 0 saturated heterocycles. The fourth-order valence-corrected chi connectivity index (χ4v) is 2.54. The standard InChI is InChI=1S/C22H25NO6/c1-22(2,3)29-21(26)23-18(14-27-15-24)20(25)28-19(16-10-6-4-7-11-16)17-12-8-5-9-13-17/h4-13,15,18-19H,14H2,1-3H3,(H,23,26). The number of esters is 1. The van der Waals surface area contributed by atoms with Gasteiger partial charge in [0, 0.05) is 0 Å². The summed E-state index contributed by atoms with van der Waals surface area (Å²) < 4.78 is 15.6. The molecule has 1 N–H and O–H groups in total. The summed E-state index contributed by atoms with van der Waals surface area (Å²) in [6.45, 7) is 4.91. The third-order valence-electron chi connectivity index (χ3n) is 3.75. The van der Waals surface area contributed by atoms with Crippen molar-refractivity contribution in [3.63, 3.8) is 0 Å². The van der Waals surface area contributed by atoms with Crippen molar-refractivity contribution >= 4 is 18.5 Å². The molecule has 0 aromatic heterocycles. The first-order valence-electron chi connectivity index (χ1n) is 9.15. The van der Waals surface area contributed by atoms with Gasteiger partial charge in [0.15, 0.2) is 12.1 Å². The number of carbonyl (C=O) groups excluding carboxylic acids is 3. The number of rotatable bonds is 8. The molecule has 2 rings (SSSR count). The van der Waals surface area contributed by atoms with E-state index in [-0.39, 0.29) is 13.1 Å². The Balaban J connectivity index is 2.21. The third kappa shape index (κ3) is 7.29. The molecule has 0 bridgehead atoms. The van der Waals surface area contributed by atoms with Crippen LogP contribution >= 0.6 is 0 Å². The summed E-state index contributed by atoms with van der Waals surface area (Å²) in [5.74, 6) is -0.754. The minimum Gasteiger partial charge on any atom is -0.465 e. The zero-order valence-corrected chi connectivity index (χ0v) is 16.7. The van der Waals surface area contributed by atoms with Gasteiger partial charge in [-0.25, -0.2) is 9.59 Å². The molecule has 0 radical (unpaired) electrons. The Hall–Kier alpha value is -3.35. The maximum absolute atomic E-state index is 12.8. The minimum absolute atomic E-state index is 0.197. The molecule has 7 nitrogen and oxygen atoms in total. The highest BCUT2D eigenvalue weighted by atomic mass is 16.6. The first-order chi connectivity index (χ1) is 13.8. The van der Waals surface area contributed by atoms with Gasteiger partial charge in [0.05, 0.1) is 0 Å². The molecule has 29 heavy (non-hydrogen) atoms. The summed E-state index contributed by atoms with van der Waals surface area (Å²) in [5.41, 5.74) is 0.777. The van der Waals surface area contributed by atoms with Crippen LogP contribution < -0.4 is 5.32 Å². The van der Waals surface area contributed by atoms with Gasteiger partial charge in [0.1, 0.15) is 12.2 Å². The number of amides is 1. The van der Waals surface area contributed by atoms with E-state index in [1.165, 1.54) is 0 Å². The molecule has 7 heteroatoms. The molecule has 0 aliphatic carbocycles. The first kappa shape index (κ1) is 21.9. The van der Waals surface area contributed by atoms with Crippen molar-refractivity contribution in [2.75, 3.05) is 6.61 Å². The molecule has 2 aromatic rings. The summed E-state index contributed by atoms with van der Waals surface area (Å²) in [6, 6.07) is 17.2. The molecule has 2 aromatic carbocycles. The van der Waals surface area contributed by atoms with Gasteiger partial charge in [0.25, 0.3) is 6.47 Å². The maximum Gasteiger partial charge on any atom is 0.408 e. The van der Waals surface area contributed by atoms with Gasteiger partial charge in [0.2, 0.25) is 0 Å². The summed E-state index contributed by atoms with van der Waals surface area (Å²) in [6.07, 6.45) is -1.51. The van der Waals surface area contributed by atoms with E-state index >= 15 is 0 Å². The highest BCUT2D eigenvalue weighted by Gasteiger charge is 2.29. The van der Waals surface area contributed by atoms with E-state index in [0.717, 1.165) is 11.1 Å². The van der Waals surface area contributed by atoms with Crippen molar-refractivity contribution in [1.82, 2.24) is 5.32 Å². The quantitative estimate of drug-likeness (QED) is 0.416. The van der Waals surface area contributed by atoms with Gasteiger partial charge in [-0.15, -0.1) is 0 Å². The number of ether oxygens (including phenoxy) is 3. The van der Waals surface area contributed by atoms with Crippen LogP contribution in [0.25, 0.3) is 0 Å². The van der Waals surface area contributed by atoms with Gasteiger partial charge in [-0.05, 0) is 31.9 Å². The van der Waals surface area contributed by atoms with Crippen LogP contribution in [0.5, 0.6) is 0 Å². The molecule has 0 spiro atoms. The second-order valence-corrected chi connectivity index (χ2v) is 7.27. The Bertz CT molecular complexity index is 762. The zero-order chi connectivity index (χ0) is 21.3. The van der Waals surface area contributed by atoms with Crippen molar-refractivity contribution in [3.8, 4) is 0 Å². The van der Waals surface area contributed by atoms with E-state index in [2.05, 4.69) is 10.1 Å². The lowest BCUT2D eigenvalue weighted by Gasteiger charge is -2.24. The molecular formula is C22H25NO6. The number of hydrogen-bond acceptors (Lipinski definition) is 6. The Morgan fingerprint density at radius 2 is 1.48 bits per heavy atom. The normalized spacial score (nSPS) is 12.0. The van der Waals surface area contributed by atoms with Crippen molar-refractivity contribution in [2.45, 2.75) is 38.5 Å². The van der Waals surface area contributed by atoms with Crippen LogP contribution in [0.15, 0.2) is 60.7 Å². The monoisotopic (exact) mass is 399 g/mol. The Morgan fingerprint density at radius 1 is 0.966 bits per heavy atom. The van der Waals surface area contributed by atoms with Crippen LogP contribution in [0.2, 0.25) is 0 Å². The molecule has 0 aliphatic rings. The van der Waals surface area contributed by atoms with Crippen LogP contribution in [-0.2, 0) is 23.8 Å². The van der Waals surface area contributed by atoms with E-state index in [9.17, 15) is 14.4 Å². The molecule has 0 saturated carbocycles. The number of carbonyl (C=O) groups is 3. The smallest absolute Gasteiger partial charge is 0.408 e. The van der Waals surface area contributed by atoms with E-state index in [1.807, 2.05) is 60.7 Å². The molecular weight excluding hydrogens is 374 g/mol. The predicted molar refractivity (Wildman–Crippen MR) is 106 cm³/mol. The molecule has 0 fully saturated rings. The van der Waals surface area contributed by atoms with Crippen molar-refractivity contribution in [3.05, 3.63) is 71.8 Å². The SMILES string of the molecule is CC(C)(C)OC(=O)NC(COC=O)C(=O)OC(c1ccccc1)c1ccccc1. The van der Waals surface area contributed by atoms with Crippen molar-refractivity contribution in [1.29, 1.82) is 0 Å². The van der Waals surface area contributed by atoms with Gasteiger partial charge >= 0.3 is 12.1 Å². The first-order valence-corrected chi connectivity index (χ1v) is 9.15. The summed E-state index contributed by atoms with van der Waals surface area (Å²) in [4.78, 5) is 35.5. The second kappa shape index (κ2) is 10.3. The van der Waals surface area contributed by atoms with Crippen molar-refractivity contribution < 1.29 is 28.6 Å². The highest BCUT2D eigenvalue weighted by Crippen LogP contribution is 2.26. The van der Waals surface area contributed by atoms with Crippen LogP contribution in [0, 0.1) is 0 Å². The lowest BCUT2D eigenvalue weighted by atomic mass is 10.0. The van der Waals surface area contributed by atoms with Crippen molar-refractivity contribution in [2.24, 2.45) is 0 Å². The zero-order valence-electron chi connectivity index (χ0n) is 16.7. The van der Waals surface area contributed by atoms with E-state index in [0.29, 0.717) is 0 Å². The molecule has 1 amide bonds. The Morgan fingerprint density at radius 3 is 1.93 bits per heavy atom. The lowest BCUT2D eigenvalue weighted by molar-refractivity contribution is -0.152. The van der Waals surface area contributed by atoms with Crippen LogP contribution in [0.1, 0.15) is 38.0 Å². The summed E-state index contributed by atoms with van der Waals surface area (Å²) in [5, 5.41) is 2.40. The molecule has 1 unspecified atom stereocenters. The van der Waals surface area contributed by atoms with E-state index < -0.39 is 29.8 Å². The highest BCUT2D eigenvalue weighted by molar-refractivity contribution is 5.82. The number of alkyl carbamates (subject to hydrolysis) is 1. The second-order valence-electron chi connectivity index (χ2n) is 7.27. The van der Waals surface area contributed by atoms with Gasteiger partial charge in [-0.3, -0.25) is 4.79 Å². The lowest BCUT2D eigenvalue weighted by Crippen LogP contribution is -2.47. The fourth-order valence-electron chi connectivity index (χ4n) is 2.54. The summed E-state index contributed by atoms with van der Waals surface area (Å²) >= 11 is 0. The molecule has 0 aliphatic heterocycles. The molecule has 154 valence electrons. The predicted octanol–water partition coefficient (Wildman–Crippen LogP) is 3.39. The van der Waals surface area contributed by atoms with Gasteiger partial charge < -0.3 is 19.5 Å². The van der Waals surface area contributed by atoms with Crippen LogP contribution in [0.4, 0.5) is 4.79 Å². The fraction of sp³-hybridized carbons (Fsp3) is 0.318. The third-order valence-corrected chi connectivity index (χ3v) is 3.75. The average Bonchev–Trinajstić information content (AvgIpc) is 2.69. The number of nitrogens with one attached hydrogen (secondary N) is 1. The Kier molecular flexibility index (Phi) is 7.77. The number of benzene rings is 2. The summed E-state index contributed by atoms with van der Waals surface area (Å²) in [7, 11) is 0. The Labute approximate surface area is 170 Å². The van der Waals surface area contributed by atoms with Gasteiger partial charge in [-0.1, -0.05) is 60.7 Å². The minimum atomic E-state index is -1.22. The average molecular weight is 399 g/mol. The maximum atomic E-state index is 12.8. The topological polar surface area (TPSA) is 90.9 Å². The number of hydrogen-bond donors (Lipinski definition) is 1. The van der Waals surface area contributed by atoms with E-state index in [4.69, 9.17) is 9.47 Å². The molecule has 0 heterocycles. The van der Waals surface area contributed by atoms with Crippen LogP contribution in [-0.4, -0.2) is 36.8 Å². The van der Waals surface area contributed by atoms with Gasteiger partial charge in [-0.2, -0.15) is 0 Å². The van der Waals surface area contributed by atoms with Crippen LogP contribution in [0.3, 0.4) is 0 Å². The van der Waals surface area contributed by atoms with E-state index in [1.54, 1.807) is 20.8 Å². The largest absolute Gasteiger partial charge is 0.465 e. The molecule has 1 atom stereocenters.